The van der Waals surface area contributed by atoms with Crippen molar-refractivity contribution >= 4 is 17.4 Å². The summed E-state index contributed by atoms with van der Waals surface area (Å²) in [5.74, 6) is 6.38. The van der Waals surface area contributed by atoms with Crippen LogP contribution < -0.4 is 5.84 Å². The van der Waals surface area contributed by atoms with E-state index in [2.05, 4.69) is 10.2 Å². The lowest BCUT2D eigenvalue weighted by atomic mass is 10.2. The molecule has 102 valence electrons. The molecule has 1 heterocycles. The third kappa shape index (κ3) is 2.55. The summed E-state index contributed by atoms with van der Waals surface area (Å²) in [4.78, 5) is 10.9. The lowest BCUT2D eigenvalue weighted by molar-refractivity contribution is -0.387. The smallest absolute Gasteiger partial charge is 0.284 e. The van der Waals surface area contributed by atoms with Crippen LogP contribution in [-0.4, -0.2) is 19.8 Å². The van der Waals surface area contributed by atoms with Crippen LogP contribution in [0.3, 0.4) is 0 Å². The van der Waals surface area contributed by atoms with E-state index < -0.39 is 4.92 Å². The molecule has 20 heavy (non-hydrogen) atoms. The maximum absolute atomic E-state index is 11.0. The molecule has 0 spiro atoms. The van der Waals surface area contributed by atoms with E-state index in [1.54, 1.807) is 0 Å². The molecule has 9 heteroatoms. The summed E-state index contributed by atoms with van der Waals surface area (Å²) < 4.78 is 1.30. The standard InChI is InChI=1S/C11H10N6O2S/c1-2-10-14-15-11(16(10)13)20-9-4-3-7(6-12)5-8(9)17(18)19/h3-5H,2,13H2,1H3. The third-order valence-electron chi connectivity index (χ3n) is 2.54. The Morgan fingerprint density at radius 3 is 2.85 bits per heavy atom. The molecular formula is C11H10N6O2S. The van der Waals surface area contributed by atoms with Crippen molar-refractivity contribution in [2.75, 3.05) is 5.84 Å². The van der Waals surface area contributed by atoms with Gasteiger partial charge in [-0.25, -0.2) is 4.68 Å². The van der Waals surface area contributed by atoms with Crippen LogP contribution in [0, 0.1) is 21.4 Å². The Morgan fingerprint density at radius 1 is 1.55 bits per heavy atom. The van der Waals surface area contributed by atoms with Gasteiger partial charge in [-0.2, -0.15) is 5.26 Å². The molecule has 2 aromatic rings. The van der Waals surface area contributed by atoms with E-state index in [-0.39, 0.29) is 11.3 Å². The SMILES string of the molecule is CCc1nnc(Sc2ccc(C#N)cc2[N+](=O)[O-])n1N. The number of nitrogen functional groups attached to an aromatic ring is 1. The Hall–Kier alpha value is -2.60. The van der Waals surface area contributed by atoms with Crippen LogP contribution in [0.25, 0.3) is 0 Å². The highest BCUT2D eigenvalue weighted by atomic mass is 32.2. The van der Waals surface area contributed by atoms with Gasteiger partial charge in [0.05, 0.1) is 21.5 Å². The van der Waals surface area contributed by atoms with Crippen molar-refractivity contribution in [1.82, 2.24) is 14.9 Å². The third-order valence-corrected chi connectivity index (χ3v) is 3.56. The normalized spacial score (nSPS) is 10.2. The molecule has 0 saturated carbocycles. The van der Waals surface area contributed by atoms with Gasteiger partial charge in [-0.15, -0.1) is 10.2 Å². The molecule has 0 fully saturated rings. The lowest BCUT2D eigenvalue weighted by Gasteiger charge is -2.03. The second-order valence-corrected chi connectivity index (χ2v) is 4.78. The number of benzene rings is 1. The van der Waals surface area contributed by atoms with Crippen molar-refractivity contribution in [3.05, 3.63) is 39.7 Å². The van der Waals surface area contributed by atoms with Gasteiger partial charge in [-0.3, -0.25) is 10.1 Å². The van der Waals surface area contributed by atoms with Crippen molar-refractivity contribution in [2.24, 2.45) is 0 Å². The zero-order valence-corrected chi connectivity index (χ0v) is 11.3. The summed E-state index contributed by atoms with van der Waals surface area (Å²) in [7, 11) is 0. The maximum atomic E-state index is 11.0. The predicted molar refractivity (Wildman–Crippen MR) is 71.5 cm³/mol. The van der Waals surface area contributed by atoms with Gasteiger partial charge >= 0.3 is 0 Å². The Morgan fingerprint density at radius 2 is 2.30 bits per heavy atom. The van der Waals surface area contributed by atoms with Crippen molar-refractivity contribution in [2.45, 2.75) is 23.4 Å². The van der Waals surface area contributed by atoms with E-state index in [1.807, 2.05) is 13.0 Å². The van der Waals surface area contributed by atoms with Crippen LogP contribution in [0.1, 0.15) is 18.3 Å². The molecule has 0 aliphatic rings. The van der Waals surface area contributed by atoms with Crippen molar-refractivity contribution in [1.29, 1.82) is 5.26 Å². The summed E-state index contributed by atoms with van der Waals surface area (Å²) in [6.45, 7) is 1.88. The summed E-state index contributed by atoms with van der Waals surface area (Å²) in [6, 6.07) is 6.10. The molecule has 2 N–H and O–H groups in total. The molecule has 0 unspecified atom stereocenters. The van der Waals surface area contributed by atoms with E-state index in [4.69, 9.17) is 11.1 Å². The number of hydrogen-bond acceptors (Lipinski definition) is 7. The topological polar surface area (TPSA) is 124 Å². The first-order valence-corrected chi connectivity index (χ1v) is 6.44. The van der Waals surface area contributed by atoms with Crippen LogP contribution in [0.2, 0.25) is 0 Å². The fourth-order valence-electron chi connectivity index (χ4n) is 1.53. The van der Waals surface area contributed by atoms with E-state index in [0.717, 1.165) is 11.8 Å². The van der Waals surface area contributed by atoms with E-state index in [1.165, 1.54) is 22.9 Å². The Bertz CT molecular complexity index is 705. The van der Waals surface area contributed by atoms with Gasteiger partial charge < -0.3 is 5.84 Å². The molecule has 0 bridgehead atoms. The molecule has 2 rings (SSSR count). The van der Waals surface area contributed by atoms with Gasteiger partial charge in [-0.05, 0) is 23.9 Å². The van der Waals surface area contributed by atoms with Crippen LogP contribution in [0.5, 0.6) is 0 Å². The quantitative estimate of drug-likeness (QED) is 0.513. The molecule has 0 radical (unpaired) electrons. The lowest BCUT2D eigenvalue weighted by Crippen LogP contribution is -2.13. The second-order valence-electron chi connectivity index (χ2n) is 3.78. The van der Waals surface area contributed by atoms with Crippen molar-refractivity contribution in [3.63, 3.8) is 0 Å². The van der Waals surface area contributed by atoms with Gasteiger partial charge in [0.2, 0.25) is 5.16 Å². The molecule has 0 aliphatic heterocycles. The summed E-state index contributed by atoms with van der Waals surface area (Å²) >= 11 is 1.04. The van der Waals surface area contributed by atoms with Gasteiger partial charge in [0.25, 0.3) is 5.69 Å². The number of rotatable bonds is 4. The van der Waals surface area contributed by atoms with Crippen LogP contribution in [0.4, 0.5) is 5.69 Å². The molecule has 8 nitrogen and oxygen atoms in total. The van der Waals surface area contributed by atoms with E-state index in [0.29, 0.717) is 22.3 Å². The van der Waals surface area contributed by atoms with E-state index in [9.17, 15) is 10.1 Å². The Balaban J connectivity index is 2.40. The van der Waals surface area contributed by atoms with Crippen molar-refractivity contribution in [3.8, 4) is 6.07 Å². The minimum Gasteiger partial charge on any atom is -0.336 e. The fourth-order valence-corrected chi connectivity index (χ4v) is 2.39. The fraction of sp³-hybridized carbons (Fsp3) is 0.182. The van der Waals surface area contributed by atoms with E-state index >= 15 is 0 Å². The summed E-state index contributed by atoms with van der Waals surface area (Å²) in [6.07, 6.45) is 0.611. The highest BCUT2D eigenvalue weighted by molar-refractivity contribution is 7.99. The Labute approximate surface area is 118 Å². The largest absolute Gasteiger partial charge is 0.336 e. The predicted octanol–water partition coefficient (Wildman–Crippen LogP) is 1.49. The minimum absolute atomic E-state index is 0.157. The average Bonchev–Trinajstić information content (AvgIpc) is 2.79. The number of nitro groups is 1. The number of nitro benzene ring substituents is 1. The van der Waals surface area contributed by atoms with Crippen LogP contribution in [0.15, 0.2) is 28.3 Å². The van der Waals surface area contributed by atoms with Crippen LogP contribution >= 0.6 is 11.8 Å². The highest BCUT2D eigenvalue weighted by Gasteiger charge is 2.19. The molecule has 0 aliphatic carbocycles. The zero-order valence-electron chi connectivity index (χ0n) is 10.5. The number of nitriles is 1. The van der Waals surface area contributed by atoms with Gasteiger partial charge in [0.15, 0.2) is 5.82 Å². The average molecular weight is 290 g/mol. The molecule has 0 atom stereocenters. The first-order valence-electron chi connectivity index (χ1n) is 5.62. The molecule has 1 aromatic carbocycles. The first kappa shape index (κ1) is 13.8. The number of nitrogens with two attached hydrogens (primary N) is 1. The minimum atomic E-state index is -0.541. The van der Waals surface area contributed by atoms with Crippen molar-refractivity contribution < 1.29 is 4.92 Å². The molecular weight excluding hydrogens is 280 g/mol. The number of hydrogen-bond donors (Lipinski definition) is 1. The van der Waals surface area contributed by atoms with Gasteiger partial charge in [0, 0.05) is 12.5 Å². The zero-order chi connectivity index (χ0) is 14.7. The monoisotopic (exact) mass is 290 g/mol. The number of aryl methyl sites for hydroxylation is 1. The van der Waals surface area contributed by atoms with Crippen LogP contribution in [-0.2, 0) is 6.42 Å². The highest BCUT2D eigenvalue weighted by Crippen LogP contribution is 2.34. The Kier molecular flexibility index (Phi) is 3.86. The number of aromatic nitrogens is 3. The second kappa shape index (κ2) is 5.58. The van der Waals surface area contributed by atoms with Gasteiger partial charge in [0.1, 0.15) is 0 Å². The first-order chi connectivity index (χ1) is 9.56. The van der Waals surface area contributed by atoms with Gasteiger partial charge in [-0.1, -0.05) is 6.92 Å². The summed E-state index contributed by atoms with van der Waals surface area (Å²) in [5.41, 5.74) is 0.0691. The molecule has 0 amide bonds. The molecule has 1 aromatic heterocycles. The maximum Gasteiger partial charge on any atom is 0.284 e. The molecule has 0 saturated heterocycles. The summed E-state index contributed by atoms with van der Waals surface area (Å²) in [5, 5.41) is 27.9. The number of nitrogens with zero attached hydrogens (tertiary/aromatic N) is 5.